The molecule has 1 saturated heterocycles. The number of halogens is 1. The number of aliphatic hydroxyl groups is 1. The van der Waals surface area contributed by atoms with E-state index < -0.39 is 11.5 Å². The molecule has 1 unspecified atom stereocenters. The zero-order valence-electron chi connectivity index (χ0n) is 29.8. The number of carbonyl (C=O) groups is 3. The predicted octanol–water partition coefficient (Wildman–Crippen LogP) is 4.72. The van der Waals surface area contributed by atoms with E-state index in [0.717, 1.165) is 65.7 Å². The minimum Gasteiger partial charge on any atom is -0.390 e. The number of aromatic nitrogens is 4. The predicted molar refractivity (Wildman–Crippen MR) is 200 cm³/mol. The molecule has 0 spiro atoms. The van der Waals surface area contributed by atoms with Crippen LogP contribution in [0.5, 0.6) is 0 Å². The Morgan fingerprint density at radius 2 is 1.96 bits per heavy atom. The maximum atomic E-state index is 12.7. The van der Waals surface area contributed by atoms with Crippen molar-refractivity contribution in [2.24, 2.45) is 7.05 Å². The van der Waals surface area contributed by atoms with Crippen LogP contribution in [-0.2, 0) is 27.9 Å². The highest BCUT2D eigenvalue weighted by Crippen LogP contribution is 2.35. The molecule has 1 fully saturated rings. The molecule has 270 valence electrons. The second-order valence-electron chi connectivity index (χ2n) is 14.1. The van der Waals surface area contributed by atoms with Crippen molar-refractivity contribution in [3.05, 3.63) is 58.9 Å². The number of fused-ring (bicyclic) bond motifs is 2. The lowest BCUT2D eigenvalue weighted by Gasteiger charge is -2.38. The van der Waals surface area contributed by atoms with Gasteiger partial charge in [-0.2, -0.15) is 10.1 Å². The lowest BCUT2D eigenvalue weighted by Crippen LogP contribution is -2.44. The first-order chi connectivity index (χ1) is 24.3. The number of hydrogen-bond acceptors (Lipinski definition) is 10. The van der Waals surface area contributed by atoms with Gasteiger partial charge in [-0.1, -0.05) is 17.7 Å². The second kappa shape index (κ2) is 14.8. The summed E-state index contributed by atoms with van der Waals surface area (Å²) in [6.07, 6.45) is 5.76. The van der Waals surface area contributed by atoms with Crippen LogP contribution in [0.4, 0.5) is 28.8 Å². The average Bonchev–Trinajstić information content (AvgIpc) is 3.62. The van der Waals surface area contributed by atoms with Gasteiger partial charge in [0, 0.05) is 75.7 Å². The van der Waals surface area contributed by atoms with Crippen LogP contribution >= 0.6 is 11.6 Å². The Hall–Kier alpha value is -4.75. The van der Waals surface area contributed by atoms with E-state index in [2.05, 4.69) is 42.6 Å². The van der Waals surface area contributed by atoms with Crippen molar-refractivity contribution in [1.82, 2.24) is 25.1 Å². The summed E-state index contributed by atoms with van der Waals surface area (Å²) in [5, 5.41) is 22.1. The van der Waals surface area contributed by atoms with E-state index in [-0.39, 0.29) is 24.3 Å². The summed E-state index contributed by atoms with van der Waals surface area (Å²) in [4.78, 5) is 52.0. The molecule has 2 aromatic carbocycles. The third-order valence-corrected chi connectivity index (χ3v) is 10.3. The Balaban J connectivity index is 1.11. The number of carbonyl (C=O) groups excluding carboxylic acids is 3. The summed E-state index contributed by atoms with van der Waals surface area (Å²) in [5.74, 6) is 0.515. The fraction of sp³-hybridized carbons (Fsp3) is 0.459. The molecule has 0 bridgehead atoms. The van der Waals surface area contributed by atoms with Crippen molar-refractivity contribution >= 4 is 69.4 Å². The summed E-state index contributed by atoms with van der Waals surface area (Å²) in [6.45, 7) is 5.60. The number of anilines is 5. The monoisotopic (exact) mass is 715 g/mol. The fourth-order valence-electron chi connectivity index (χ4n) is 6.92. The minimum absolute atomic E-state index is 0.0202. The topological polar surface area (TPSA) is 149 Å². The van der Waals surface area contributed by atoms with Gasteiger partial charge in [0.25, 0.3) is 0 Å². The largest absolute Gasteiger partial charge is 0.390 e. The molecule has 4 aromatic rings. The van der Waals surface area contributed by atoms with E-state index in [1.165, 1.54) is 0 Å². The SMILES string of the molecule is CNC(=O)CCC(C=O)c1nn(C)c2cc(N3CCC(N(C)c4ncc(Cl)c(Nc5ccc6c(c5)N(CCC(C)(C)O)C(=O)C6)n4)CC3)ccc12. The van der Waals surface area contributed by atoms with Crippen molar-refractivity contribution in [2.45, 2.75) is 69.9 Å². The van der Waals surface area contributed by atoms with Crippen LogP contribution in [0.15, 0.2) is 42.6 Å². The molecule has 2 aromatic heterocycles. The standard InChI is InChI=1S/C37H46ClN9O4/c1-37(2,51)14-17-47-30-19-25(8-6-23(30)18-33(47)50)41-35-29(38)21-40-36(42-35)44(4)26-12-15-46(16-13-26)27-9-10-28-31(20-27)45(5)43-34(28)24(22-48)7-11-32(49)39-3/h6,8-10,19-22,24,26,51H,7,11-18H2,1-5H3,(H,39,49)(H,40,41,42). The van der Waals surface area contributed by atoms with E-state index in [9.17, 15) is 19.5 Å². The van der Waals surface area contributed by atoms with Gasteiger partial charge in [-0.3, -0.25) is 14.3 Å². The third-order valence-electron chi connectivity index (χ3n) is 9.99. The molecular weight excluding hydrogens is 670 g/mol. The van der Waals surface area contributed by atoms with Crippen LogP contribution < -0.4 is 25.3 Å². The van der Waals surface area contributed by atoms with Crippen LogP contribution in [0.3, 0.4) is 0 Å². The highest BCUT2D eigenvalue weighted by atomic mass is 35.5. The van der Waals surface area contributed by atoms with Gasteiger partial charge in [-0.25, -0.2) is 4.98 Å². The minimum atomic E-state index is -0.871. The van der Waals surface area contributed by atoms with E-state index >= 15 is 0 Å². The van der Waals surface area contributed by atoms with Gasteiger partial charge in [0.05, 0.1) is 35.3 Å². The van der Waals surface area contributed by atoms with Gasteiger partial charge in [0.2, 0.25) is 17.8 Å². The molecule has 6 rings (SSSR count). The number of aldehydes is 1. The summed E-state index contributed by atoms with van der Waals surface area (Å²) >= 11 is 6.56. The highest BCUT2D eigenvalue weighted by Gasteiger charge is 2.30. The van der Waals surface area contributed by atoms with Crippen molar-refractivity contribution in [3.63, 3.8) is 0 Å². The molecule has 0 aliphatic carbocycles. The van der Waals surface area contributed by atoms with E-state index in [0.29, 0.717) is 48.3 Å². The Morgan fingerprint density at radius 3 is 2.67 bits per heavy atom. The molecule has 2 aliphatic heterocycles. The molecule has 4 heterocycles. The Kier molecular flexibility index (Phi) is 10.5. The summed E-state index contributed by atoms with van der Waals surface area (Å²) in [5.41, 5.74) is 4.40. The highest BCUT2D eigenvalue weighted by molar-refractivity contribution is 6.33. The smallest absolute Gasteiger partial charge is 0.231 e. The number of aryl methyl sites for hydroxylation is 1. The molecular formula is C37H46ClN9O4. The molecule has 2 aliphatic rings. The van der Waals surface area contributed by atoms with Crippen LogP contribution in [0, 0.1) is 0 Å². The second-order valence-corrected chi connectivity index (χ2v) is 14.5. The number of hydrogen-bond donors (Lipinski definition) is 3. The zero-order valence-corrected chi connectivity index (χ0v) is 30.6. The van der Waals surface area contributed by atoms with Gasteiger partial charge in [-0.15, -0.1) is 0 Å². The molecule has 3 N–H and O–H groups in total. The van der Waals surface area contributed by atoms with E-state index in [4.69, 9.17) is 16.6 Å². The van der Waals surface area contributed by atoms with Gasteiger partial charge < -0.3 is 35.2 Å². The maximum Gasteiger partial charge on any atom is 0.231 e. The third kappa shape index (κ3) is 7.94. The lowest BCUT2D eigenvalue weighted by molar-refractivity contribution is -0.121. The van der Waals surface area contributed by atoms with Gasteiger partial charge in [0.1, 0.15) is 11.3 Å². The van der Waals surface area contributed by atoms with Crippen molar-refractivity contribution in [3.8, 4) is 0 Å². The Morgan fingerprint density at radius 1 is 1.20 bits per heavy atom. The molecule has 51 heavy (non-hydrogen) atoms. The number of rotatable bonds is 13. The number of amides is 2. The molecule has 0 radical (unpaired) electrons. The first-order valence-electron chi connectivity index (χ1n) is 17.4. The van der Waals surface area contributed by atoms with Gasteiger partial charge in [-0.05, 0) is 75.4 Å². The first kappa shape index (κ1) is 36.1. The normalized spacial score (nSPS) is 15.6. The molecule has 0 saturated carbocycles. The van der Waals surface area contributed by atoms with Crippen LogP contribution in [0.25, 0.3) is 10.9 Å². The maximum absolute atomic E-state index is 12.7. The van der Waals surface area contributed by atoms with Gasteiger partial charge >= 0.3 is 0 Å². The van der Waals surface area contributed by atoms with Crippen molar-refractivity contribution in [1.29, 1.82) is 0 Å². The molecule has 2 amide bonds. The van der Waals surface area contributed by atoms with Crippen molar-refractivity contribution < 1.29 is 19.5 Å². The first-order valence-corrected chi connectivity index (χ1v) is 17.8. The van der Waals surface area contributed by atoms with Gasteiger partial charge in [0.15, 0.2) is 5.82 Å². The Bertz CT molecular complexity index is 1930. The number of piperidine rings is 1. The molecule has 13 nitrogen and oxygen atoms in total. The lowest BCUT2D eigenvalue weighted by atomic mass is 9.97. The number of nitrogens with zero attached hydrogens (tertiary/aromatic N) is 7. The number of benzene rings is 2. The van der Waals surface area contributed by atoms with Crippen LogP contribution in [0.1, 0.15) is 63.1 Å². The number of nitrogens with one attached hydrogen (secondary N) is 2. The van der Waals surface area contributed by atoms with Crippen LogP contribution in [-0.4, -0.2) is 88.3 Å². The summed E-state index contributed by atoms with van der Waals surface area (Å²) < 4.78 is 1.81. The van der Waals surface area contributed by atoms with Crippen molar-refractivity contribution in [2.75, 3.05) is 53.7 Å². The van der Waals surface area contributed by atoms with Crippen LogP contribution in [0.2, 0.25) is 5.02 Å². The molecule has 1 atom stereocenters. The average molecular weight is 716 g/mol. The Labute approximate surface area is 303 Å². The zero-order chi connectivity index (χ0) is 36.4. The molecule has 14 heteroatoms. The fourth-order valence-corrected chi connectivity index (χ4v) is 7.06. The quantitative estimate of drug-likeness (QED) is 0.166. The van der Waals surface area contributed by atoms with E-state index in [1.54, 1.807) is 32.0 Å². The van der Waals surface area contributed by atoms with E-state index in [1.807, 2.05) is 43.0 Å². The summed E-state index contributed by atoms with van der Waals surface area (Å²) in [7, 11) is 5.48. The summed E-state index contributed by atoms with van der Waals surface area (Å²) in [6, 6.07) is 12.2.